The Balaban J connectivity index is 1.62. The maximum absolute atomic E-state index is 13.7. The predicted molar refractivity (Wildman–Crippen MR) is 157 cm³/mol. The zero-order valence-corrected chi connectivity index (χ0v) is 23.2. The summed E-state index contributed by atoms with van der Waals surface area (Å²) >= 11 is 0. The van der Waals surface area contributed by atoms with Gasteiger partial charge in [-0.15, -0.1) is 0 Å². The van der Waals surface area contributed by atoms with Crippen molar-refractivity contribution in [3.63, 3.8) is 0 Å². The molecule has 0 fully saturated rings. The van der Waals surface area contributed by atoms with Crippen LogP contribution in [0.2, 0.25) is 0 Å². The van der Waals surface area contributed by atoms with E-state index in [0.29, 0.717) is 39.6 Å². The first kappa shape index (κ1) is 27.3. The lowest BCUT2D eigenvalue weighted by molar-refractivity contribution is -0.384. The fourth-order valence-electron chi connectivity index (χ4n) is 4.65. The molecule has 3 aromatic carbocycles. The first-order chi connectivity index (χ1) is 19.7. The lowest BCUT2D eigenvalue weighted by Crippen LogP contribution is -2.20. The number of furan rings is 1. The zero-order chi connectivity index (χ0) is 29.3. The highest BCUT2D eigenvalue weighted by molar-refractivity contribution is 5.82. The van der Waals surface area contributed by atoms with E-state index in [1.165, 1.54) is 30.1 Å². The molecule has 10 heteroatoms. The number of hydrogen-bond acceptors (Lipinski definition) is 8. The van der Waals surface area contributed by atoms with Crippen molar-refractivity contribution in [2.75, 3.05) is 14.2 Å². The number of non-ortho nitro benzene ring substituents is 1. The number of aryl methyl sites for hydroxylation is 1. The van der Waals surface area contributed by atoms with Gasteiger partial charge in [-0.2, -0.15) is 9.78 Å². The summed E-state index contributed by atoms with van der Waals surface area (Å²) in [5.41, 5.74) is 3.30. The number of para-hydroxylation sites is 1. The highest BCUT2D eigenvalue weighted by Crippen LogP contribution is 2.35. The van der Waals surface area contributed by atoms with Gasteiger partial charge in [-0.25, -0.2) is 4.98 Å². The smallest absolute Gasteiger partial charge is 0.282 e. The van der Waals surface area contributed by atoms with Gasteiger partial charge in [-0.3, -0.25) is 14.9 Å². The summed E-state index contributed by atoms with van der Waals surface area (Å²) in [4.78, 5) is 29.2. The van der Waals surface area contributed by atoms with E-state index in [2.05, 4.69) is 18.9 Å². The zero-order valence-electron chi connectivity index (χ0n) is 23.2. The third-order valence-corrected chi connectivity index (χ3v) is 6.78. The highest BCUT2D eigenvalue weighted by atomic mass is 16.6. The van der Waals surface area contributed by atoms with E-state index in [-0.39, 0.29) is 17.2 Å². The number of methoxy groups -OCH3 is 2. The molecule has 5 aromatic rings. The molecule has 0 N–H and O–H groups in total. The van der Waals surface area contributed by atoms with E-state index >= 15 is 0 Å². The largest absolute Gasteiger partial charge is 0.496 e. The Morgan fingerprint density at radius 1 is 1.00 bits per heavy atom. The standard InChI is InChI=1S/C31H28N4O6/c1-18(2)24-16-25(19(3)14-28(24)39-4)30-33-26-9-7-6-8-22(26)31(36)34(30)32-17-21-11-13-27(41-21)23-12-10-20(35(37)38)15-29(23)40-5/h6-18H,1-5H3. The molecule has 2 heterocycles. The first-order valence-electron chi connectivity index (χ1n) is 12.9. The van der Waals surface area contributed by atoms with Gasteiger partial charge in [0.1, 0.15) is 23.0 Å². The Morgan fingerprint density at radius 3 is 2.46 bits per heavy atom. The van der Waals surface area contributed by atoms with Crippen LogP contribution in [0.3, 0.4) is 0 Å². The van der Waals surface area contributed by atoms with Crippen LogP contribution in [0.15, 0.2) is 81.0 Å². The summed E-state index contributed by atoms with van der Waals surface area (Å²) in [6.07, 6.45) is 1.44. The minimum Gasteiger partial charge on any atom is -0.496 e. The average Bonchev–Trinajstić information content (AvgIpc) is 3.44. The number of nitro benzene ring substituents is 1. The van der Waals surface area contributed by atoms with E-state index in [9.17, 15) is 14.9 Å². The van der Waals surface area contributed by atoms with Crippen molar-refractivity contribution in [1.82, 2.24) is 9.66 Å². The Kier molecular flexibility index (Phi) is 7.39. The van der Waals surface area contributed by atoms with Gasteiger partial charge in [-0.05, 0) is 66.4 Å². The summed E-state index contributed by atoms with van der Waals surface area (Å²) in [5, 5.41) is 16.1. The van der Waals surface area contributed by atoms with Crippen LogP contribution in [-0.4, -0.2) is 35.0 Å². The fourth-order valence-corrected chi connectivity index (χ4v) is 4.65. The average molecular weight is 553 g/mol. The molecule has 0 spiro atoms. The van der Waals surface area contributed by atoms with E-state index in [1.54, 1.807) is 43.5 Å². The SMILES string of the molecule is COc1cc([N+](=O)[O-])ccc1-c1ccc(C=Nn2c(-c3cc(C(C)C)c(OC)cc3C)nc3ccccc3c2=O)o1. The third-order valence-electron chi connectivity index (χ3n) is 6.78. The van der Waals surface area contributed by atoms with E-state index in [4.69, 9.17) is 18.9 Å². The first-order valence-corrected chi connectivity index (χ1v) is 12.9. The number of nitrogens with zero attached hydrogens (tertiary/aromatic N) is 4. The van der Waals surface area contributed by atoms with Gasteiger partial charge in [0.2, 0.25) is 0 Å². The number of fused-ring (bicyclic) bond motifs is 1. The molecular weight excluding hydrogens is 524 g/mol. The highest BCUT2D eigenvalue weighted by Gasteiger charge is 2.19. The number of ether oxygens (including phenoxy) is 2. The molecular formula is C31H28N4O6. The summed E-state index contributed by atoms with van der Waals surface area (Å²) in [7, 11) is 3.07. The number of benzene rings is 3. The second-order valence-corrected chi connectivity index (χ2v) is 9.72. The molecule has 0 aliphatic rings. The molecule has 0 aliphatic heterocycles. The molecule has 0 atom stereocenters. The van der Waals surface area contributed by atoms with Gasteiger partial charge in [0.15, 0.2) is 5.82 Å². The number of nitro groups is 1. The maximum Gasteiger partial charge on any atom is 0.282 e. The summed E-state index contributed by atoms with van der Waals surface area (Å²) < 4.78 is 18.2. The van der Waals surface area contributed by atoms with Crippen LogP contribution >= 0.6 is 0 Å². The second-order valence-electron chi connectivity index (χ2n) is 9.72. The molecule has 0 unspecified atom stereocenters. The van der Waals surface area contributed by atoms with Crippen molar-refractivity contribution in [1.29, 1.82) is 0 Å². The summed E-state index contributed by atoms with van der Waals surface area (Å²) in [6, 6.07) is 18.7. The molecule has 0 saturated carbocycles. The van der Waals surface area contributed by atoms with Crippen LogP contribution in [0.4, 0.5) is 5.69 Å². The Hall–Kier alpha value is -5.25. The van der Waals surface area contributed by atoms with Gasteiger partial charge in [0, 0.05) is 11.6 Å². The Labute approximate surface area is 235 Å². The van der Waals surface area contributed by atoms with Crippen LogP contribution in [0.1, 0.15) is 36.7 Å². The normalized spacial score (nSPS) is 11.5. The quantitative estimate of drug-likeness (QED) is 0.121. The third kappa shape index (κ3) is 5.19. The molecule has 2 aromatic heterocycles. The van der Waals surface area contributed by atoms with Crippen LogP contribution in [0.5, 0.6) is 11.5 Å². The molecule has 208 valence electrons. The number of hydrogen-bond donors (Lipinski definition) is 0. The second kappa shape index (κ2) is 11.1. The van der Waals surface area contributed by atoms with Gasteiger partial charge >= 0.3 is 0 Å². The van der Waals surface area contributed by atoms with Crippen molar-refractivity contribution in [3.05, 3.63) is 104 Å². The maximum atomic E-state index is 13.7. The summed E-state index contributed by atoms with van der Waals surface area (Å²) in [5.74, 6) is 2.41. The molecule has 0 radical (unpaired) electrons. The van der Waals surface area contributed by atoms with Crippen molar-refractivity contribution < 1.29 is 18.8 Å². The molecule has 0 saturated heterocycles. The Morgan fingerprint density at radius 2 is 1.76 bits per heavy atom. The monoisotopic (exact) mass is 552 g/mol. The molecule has 5 rings (SSSR count). The fraction of sp³-hybridized carbons (Fsp3) is 0.194. The van der Waals surface area contributed by atoms with Crippen LogP contribution in [-0.2, 0) is 0 Å². The van der Waals surface area contributed by atoms with Gasteiger partial charge in [-0.1, -0.05) is 26.0 Å². The van der Waals surface area contributed by atoms with Crippen molar-refractivity contribution in [3.8, 4) is 34.2 Å². The predicted octanol–water partition coefficient (Wildman–Crippen LogP) is 6.56. The Bertz CT molecular complexity index is 1870. The van der Waals surface area contributed by atoms with Crippen LogP contribution in [0.25, 0.3) is 33.6 Å². The molecule has 0 amide bonds. The van der Waals surface area contributed by atoms with Crippen molar-refractivity contribution in [2.45, 2.75) is 26.7 Å². The lowest BCUT2D eigenvalue weighted by atomic mass is 9.96. The summed E-state index contributed by atoms with van der Waals surface area (Å²) in [6.45, 7) is 6.09. The van der Waals surface area contributed by atoms with E-state index in [1.807, 2.05) is 25.1 Å². The van der Waals surface area contributed by atoms with Gasteiger partial charge < -0.3 is 13.9 Å². The molecule has 0 aliphatic carbocycles. The van der Waals surface area contributed by atoms with Crippen molar-refractivity contribution in [2.24, 2.45) is 5.10 Å². The lowest BCUT2D eigenvalue weighted by Gasteiger charge is -2.17. The molecule has 10 nitrogen and oxygen atoms in total. The van der Waals surface area contributed by atoms with Crippen LogP contribution in [0, 0.1) is 17.0 Å². The minimum atomic E-state index is -0.492. The number of rotatable bonds is 8. The minimum absolute atomic E-state index is 0.0934. The van der Waals surface area contributed by atoms with Crippen LogP contribution < -0.4 is 15.0 Å². The topological polar surface area (TPSA) is 122 Å². The molecule has 41 heavy (non-hydrogen) atoms. The van der Waals surface area contributed by atoms with Crippen molar-refractivity contribution >= 4 is 22.8 Å². The van der Waals surface area contributed by atoms with E-state index < -0.39 is 4.92 Å². The van der Waals surface area contributed by atoms with Gasteiger partial charge in [0.05, 0.1) is 47.9 Å². The van der Waals surface area contributed by atoms with E-state index in [0.717, 1.165) is 22.4 Å². The molecule has 0 bridgehead atoms. The number of aromatic nitrogens is 2. The van der Waals surface area contributed by atoms with Gasteiger partial charge in [0.25, 0.3) is 11.2 Å².